The molecule has 2 aromatic heterocycles. The summed E-state index contributed by atoms with van der Waals surface area (Å²) in [7, 11) is -3.72. The fraction of sp³-hybridized carbons (Fsp3) is 0.450. The lowest BCUT2D eigenvalue weighted by Crippen LogP contribution is -2.52. The molecule has 0 atom stereocenters. The van der Waals surface area contributed by atoms with Gasteiger partial charge in [-0.25, -0.2) is 18.4 Å². The van der Waals surface area contributed by atoms with Crippen LogP contribution in [0.1, 0.15) is 12.8 Å². The molecule has 8 nitrogen and oxygen atoms in total. The highest BCUT2D eigenvalue weighted by atomic mass is 35.5. The highest BCUT2D eigenvalue weighted by Gasteiger charge is 2.35. The van der Waals surface area contributed by atoms with Gasteiger partial charge >= 0.3 is 0 Å². The highest BCUT2D eigenvalue weighted by molar-refractivity contribution is 7.89. The molecule has 2 aliphatic heterocycles. The Morgan fingerprint density at radius 1 is 0.935 bits per heavy atom. The van der Waals surface area contributed by atoms with Crippen molar-refractivity contribution in [2.24, 2.45) is 5.92 Å². The zero-order chi connectivity index (χ0) is 22.0. The minimum absolute atomic E-state index is 0.00532. The Hall–Kier alpha value is -1.94. The van der Waals surface area contributed by atoms with Gasteiger partial charge in [-0.2, -0.15) is 4.31 Å². The Bertz CT molecular complexity index is 1050. The Balaban J connectivity index is 1.33. The number of sulfonamides is 1. The van der Waals surface area contributed by atoms with Crippen LogP contribution in [0.4, 0.5) is 5.82 Å². The molecule has 4 rings (SSSR count). The lowest BCUT2D eigenvalue weighted by atomic mass is 9.96. The highest BCUT2D eigenvalue weighted by Crippen LogP contribution is 2.29. The van der Waals surface area contributed by atoms with E-state index in [1.54, 1.807) is 18.3 Å². The molecule has 2 aromatic rings. The standard InChI is InChI=1S/C20H23Cl2N5O3S/c21-16-3-1-8-24-19(16)25-11-13-26(14-12-25)20(28)15-5-9-27(10-6-15)31(29,30)17-4-2-7-23-18(17)22/h1-4,7-8,15H,5-6,9-14H2. The summed E-state index contributed by atoms with van der Waals surface area (Å²) >= 11 is 12.2. The van der Waals surface area contributed by atoms with Crippen LogP contribution in [-0.2, 0) is 14.8 Å². The summed E-state index contributed by atoms with van der Waals surface area (Å²) < 4.78 is 27.1. The first-order valence-electron chi connectivity index (χ1n) is 10.1. The maximum atomic E-state index is 13.0. The number of aromatic nitrogens is 2. The molecule has 0 aliphatic carbocycles. The van der Waals surface area contributed by atoms with E-state index < -0.39 is 10.0 Å². The molecular weight excluding hydrogens is 461 g/mol. The number of piperidine rings is 1. The van der Waals surface area contributed by atoms with Crippen molar-refractivity contribution in [3.8, 4) is 0 Å². The topological polar surface area (TPSA) is 86.7 Å². The summed E-state index contributed by atoms with van der Waals surface area (Å²) in [5.74, 6) is 0.646. The number of carbonyl (C=O) groups is 1. The average molecular weight is 484 g/mol. The third-order valence-corrected chi connectivity index (χ3v) is 8.41. The molecule has 1 amide bonds. The van der Waals surface area contributed by atoms with Crippen LogP contribution in [0.2, 0.25) is 10.2 Å². The van der Waals surface area contributed by atoms with Gasteiger partial charge < -0.3 is 9.80 Å². The summed E-state index contributed by atoms with van der Waals surface area (Å²) in [6, 6.07) is 6.60. The molecule has 4 heterocycles. The SMILES string of the molecule is O=C(C1CCN(S(=O)(=O)c2cccnc2Cl)CC1)N1CCN(c2ncccc2Cl)CC1. The van der Waals surface area contributed by atoms with E-state index in [-0.39, 0.29) is 35.0 Å². The van der Waals surface area contributed by atoms with Gasteiger partial charge in [-0.3, -0.25) is 4.79 Å². The quantitative estimate of drug-likeness (QED) is 0.620. The van der Waals surface area contributed by atoms with E-state index in [1.807, 2.05) is 11.0 Å². The first-order chi connectivity index (χ1) is 14.9. The van der Waals surface area contributed by atoms with E-state index in [0.717, 1.165) is 5.82 Å². The van der Waals surface area contributed by atoms with E-state index >= 15 is 0 Å². The van der Waals surface area contributed by atoms with Gasteiger partial charge in [0.15, 0.2) is 0 Å². The second-order valence-electron chi connectivity index (χ2n) is 7.59. The lowest BCUT2D eigenvalue weighted by Gasteiger charge is -2.38. The number of anilines is 1. The van der Waals surface area contributed by atoms with Crippen LogP contribution in [0, 0.1) is 5.92 Å². The number of hydrogen-bond donors (Lipinski definition) is 0. The molecular formula is C20H23Cl2N5O3S. The van der Waals surface area contributed by atoms with Gasteiger partial charge in [-0.1, -0.05) is 23.2 Å². The van der Waals surface area contributed by atoms with Crippen LogP contribution in [0.3, 0.4) is 0 Å². The predicted octanol–water partition coefficient (Wildman–Crippen LogP) is 2.53. The van der Waals surface area contributed by atoms with Crippen molar-refractivity contribution in [1.29, 1.82) is 0 Å². The predicted molar refractivity (Wildman–Crippen MR) is 119 cm³/mol. The van der Waals surface area contributed by atoms with Crippen LogP contribution < -0.4 is 4.90 Å². The maximum absolute atomic E-state index is 13.0. The number of rotatable bonds is 4. The molecule has 166 valence electrons. The van der Waals surface area contributed by atoms with E-state index in [2.05, 4.69) is 14.9 Å². The average Bonchev–Trinajstić information content (AvgIpc) is 2.79. The van der Waals surface area contributed by atoms with Crippen molar-refractivity contribution in [2.75, 3.05) is 44.2 Å². The van der Waals surface area contributed by atoms with Crippen LogP contribution >= 0.6 is 23.2 Å². The first-order valence-corrected chi connectivity index (χ1v) is 12.3. The minimum atomic E-state index is -3.72. The Kier molecular flexibility index (Phi) is 6.66. The molecule has 11 heteroatoms. The largest absolute Gasteiger partial charge is 0.352 e. The van der Waals surface area contributed by atoms with Crippen molar-refractivity contribution in [1.82, 2.24) is 19.2 Å². The molecule has 0 spiro atoms. The molecule has 2 aliphatic rings. The van der Waals surface area contributed by atoms with Gasteiger partial charge in [0, 0.05) is 57.6 Å². The van der Waals surface area contributed by atoms with Crippen molar-refractivity contribution in [2.45, 2.75) is 17.7 Å². The smallest absolute Gasteiger partial charge is 0.246 e. The van der Waals surface area contributed by atoms with Gasteiger partial charge in [0.2, 0.25) is 15.9 Å². The monoisotopic (exact) mass is 483 g/mol. The molecule has 0 aromatic carbocycles. The Labute approximate surface area is 191 Å². The Morgan fingerprint density at radius 2 is 1.58 bits per heavy atom. The van der Waals surface area contributed by atoms with Gasteiger partial charge in [0.1, 0.15) is 15.9 Å². The number of carbonyl (C=O) groups excluding carboxylic acids is 1. The molecule has 2 fully saturated rings. The van der Waals surface area contributed by atoms with Crippen molar-refractivity contribution >= 4 is 45.0 Å². The third-order valence-electron chi connectivity index (χ3n) is 5.78. The van der Waals surface area contributed by atoms with E-state index in [1.165, 1.54) is 16.6 Å². The second kappa shape index (κ2) is 9.28. The van der Waals surface area contributed by atoms with Gasteiger partial charge in [0.25, 0.3) is 0 Å². The number of hydrogen-bond acceptors (Lipinski definition) is 6. The summed E-state index contributed by atoms with van der Waals surface area (Å²) in [4.78, 5) is 25.2. The van der Waals surface area contributed by atoms with Crippen LogP contribution in [-0.4, -0.2) is 72.8 Å². The Morgan fingerprint density at radius 3 is 2.23 bits per heavy atom. The molecule has 0 bridgehead atoms. The van der Waals surface area contributed by atoms with Crippen molar-refractivity contribution < 1.29 is 13.2 Å². The molecule has 31 heavy (non-hydrogen) atoms. The minimum Gasteiger partial charge on any atom is -0.352 e. The van der Waals surface area contributed by atoms with Crippen LogP contribution in [0.5, 0.6) is 0 Å². The number of nitrogens with zero attached hydrogens (tertiary/aromatic N) is 5. The molecule has 0 unspecified atom stereocenters. The number of piperazine rings is 1. The van der Waals surface area contributed by atoms with Crippen molar-refractivity contribution in [3.63, 3.8) is 0 Å². The summed E-state index contributed by atoms with van der Waals surface area (Å²) in [6.07, 6.45) is 4.14. The second-order valence-corrected chi connectivity index (χ2v) is 10.3. The van der Waals surface area contributed by atoms with Gasteiger partial charge in [-0.05, 0) is 37.1 Å². The van der Waals surface area contributed by atoms with E-state index in [0.29, 0.717) is 44.0 Å². The summed E-state index contributed by atoms with van der Waals surface area (Å²) in [5.41, 5.74) is 0. The molecule has 0 saturated carbocycles. The van der Waals surface area contributed by atoms with Crippen LogP contribution in [0.25, 0.3) is 0 Å². The third kappa shape index (κ3) is 4.64. The van der Waals surface area contributed by atoms with Crippen LogP contribution in [0.15, 0.2) is 41.6 Å². The molecule has 0 radical (unpaired) electrons. The molecule has 0 N–H and O–H groups in total. The first kappa shape index (κ1) is 22.3. The zero-order valence-electron chi connectivity index (χ0n) is 16.8. The fourth-order valence-corrected chi connectivity index (χ4v) is 6.19. The van der Waals surface area contributed by atoms with Gasteiger partial charge in [-0.15, -0.1) is 0 Å². The van der Waals surface area contributed by atoms with Gasteiger partial charge in [0.05, 0.1) is 5.02 Å². The summed E-state index contributed by atoms with van der Waals surface area (Å²) in [6.45, 7) is 3.08. The normalized spacial score (nSPS) is 18.9. The number of halogens is 2. The lowest BCUT2D eigenvalue weighted by molar-refractivity contribution is -0.137. The number of pyridine rings is 2. The fourth-order valence-electron chi connectivity index (χ4n) is 4.05. The number of amides is 1. The maximum Gasteiger partial charge on any atom is 0.246 e. The molecule has 2 saturated heterocycles. The summed E-state index contributed by atoms with van der Waals surface area (Å²) in [5, 5.41) is 0.566. The van der Waals surface area contributed by atoms with Crippen molar-refractivity contribution in [3.05, 3.63) is 46.8 Å². The van der Waals surface area contributed by atoms with E-state index in [9.17, 15) is 13.2 Å². The zero-order valence-corrected chi connectivity index (χ0v) is 19.2. The van der Waals surface area contributed by atoms with E-state index in [4.69, 9.17) is 23.2 Å².